The highest BCUT2D eigenvalue weighted by atomic mass is 32.2. The van der Waals surface area contributed by atoms with Gasteiger partial charge in [0.25, 0.3) is 10.0 Å². The summed E-state index contributed by atoms with van der Waals surface area (Å²) in [5.74, 6) is 0.417. The molecule has 1 fully saturated rings. The maximum atomic E-state index is 12.7. The fourth-order valence-corrected chi connectivity index (χ4v) is 4.22. The molecule has 1 N–H and O–H groups in total. The molecule has 0 bridgehead atoms. The van der Waals surface area contributed by atoms with Crippen molar-refractivity contribution in [1.29, 1.82) is 0 Å². The quantitative estimate of drug-likeness (QED) is 0.802. The fourth-order valence-electron chi connectivity index (χ4n) is 3.00. The van der Waals surface area contributed by atoms with Crippen LogP contribution >= 0.6 is 0 Å². The van der Waals surface area contributed by atoms with Crippen molar-refractivity contribution in [3.05, 3.63) is 30.5 Å². The molecule has 0 spiro atoms. The van der Waals surface area contributed by atoms with Crippen molar-refractivity contribution in [1.82, 2.24) is 24.1 Å². The lowest BCUT2D eigenvalue weighted by atomic mass is 10.1. The summed E-state index contributed by atoms with van der Waals surface area (Å²) in [6, 6.07) is -0.324. The summed E-state index contributed by atoms with van der Waals surface area (Å²) in [5, 5.41) is 4.29. The zero-order valence-corrected chi connectivity index (χ0v) is 15.6. The molecule has 1 aliphatic heterocycles. The van der Waals surface area contributed by atoms with Gasteiger partial charge in [-0.2, -0.15) is 5.10 Å². The number of imidazole rings is 1. The van der Waals surface area contributed by atoms with Gasteiger partial charge in [0, 0.05) is 37.7 Å². The third-order valence-corrected chi connectivity index (χ3v) is 5.54. The zero-order chi connectivity index (χ0) is 18.0. The second-order valence-corrected chi connectivity index (χ2v) is 8.40. The van der Waals surface area contributed by atoms with E-state index in [0.717, 1.165) is 18.7 Å². The van der Waals surface area contributed by atoms with E-state index in [9.17, 15) is 8.42 Å². The minimum absolute atomic E-state index is 0.0445. The van der Waals surface area contributed by atoms with Gasteiger partial charge in [0.2, 0.25) is 0 Å². The van der Waals surface area contributed by atoms with Crippen LogP contribution in [0.15, 0.2) is 29.9 Å². The Balaban J connectivity index is 1.74. The van der Waals surface area contributed by atoms with Crippen molar-refractivity contribution in [3.63, 3.8) is 0 Å². The maximum absolute atomic E-state index is 12.7. The highest BCUT2D eigenvalue weighted by Crippen LogP contribution is 2.30. The number of ether oxygens (including phenoxy) is 1. The lowest BCUT2D eigenvalue weighted by molar-refractivity contribution is 0.102. The second-order valence-electron chi connectivity index (χ2n) is 6.74. The van der Waals surface area contributed by atoms with Crippen molar-refractivity contribution in [2.45, 2.75) is 57.5 Å². The van der Waals surface area contributed by atoms with E-state index < -0.39 is 10.0 Å². The van der Waals surface area contributed by atoms with Crippen LogP contribution in [0.3, 0.4) is 0 Å². The summed E-state index contributed by atoms with van der Waals surface area (Å²) in [4.78, 5) is 4.05. The van der Waals surface area contributed by atoms with Gasteiger partial charge in [-0.05, 0) is 19.3 Å². The lowest BCUT2D eigenvalue weighted by Crippen LogP contribution is -2.36. The summed E-state index contributed by atoms with van der Waals surface area (Å²) in [7, 11) is -3.69. The first-order valence-corrected chi connectivity index (χ1v) is 10.1. The first-order valence-electron chi connectivity index (χ1n) is 8.57. The molecule has 0 aliphatic carbocycles. The highest BCUT2D eigenvalue weighted by molar-refractivity contribution is 7.89. The minimum Gasteiger partial charge on any atom is -0.372 e. The van der Waals surface area contributed by atoms with Gasteiger partial charge in [0.05, 0.1) is 18.6 Å². The molecule has 3 rings (SSSR count). The van der Waals surface area contributed by atoms with Crippen molar-refractivity contribution >= 4 is 10.0 Å². The van der Waals surface area contributed by atoms with Crippen LogP contribution in [0.25, 0.3) is 0 Å². The molecule has 138 valence electrons. The van der Waals surface area contributed by atoms with Gasteiger partial charge in [-0.3, -0.25) is 4.68 Å². The van der Waals surface area contributed by atoms with E-state index in [0.29, 0.717) is 18.9 Å². The number of nitrogens with one attached hydrogen (secondary N) is 1. The number of rotatable bonds is 7. The predicted molar refractivity (Wildman–Crippen MR) is 92.4 cm³/mol. The minimum atomic E-state index is -3.69. The SMILES string of the molecule is CCn1cc([C@H]2OCC[C@@H]2NS(=O)(=O)c2cn(CC(C)C)cn2)cn1. The number of aromatic nitrogens is 4. The zero-order valence-electron chi connectivity index (χ0n) is 14.8. The van der Waals surface area contributed by atoms with Crippen LogP contribution in [0, 0.1) is 5.92 Å². The van der Waals surface area contributed by atoms with E-state index >= 15 is 0 Å². The Kier molecular flexibility index (Phi) is 5.26. The molecule has 0 radical (unpaired) electrons. The Labute approximate surface area is 148 Å². The number of hydrogen-bond acceptors (Lipinski definition) is 5. The third kappa shape index (κ3) is 4.10. The summed E-state index contributed by atoms with van der Waals surface area (Å²) >= 11 is 0. The van der Waals surface area contributed by atoms with Crippen molar-refractivity contribution < 1.29 is 13.2 Å². The van der Waals surface area contributed by atoms with E-state index in [2.05, 4.69) is 28.7 Å². The molecule has 2 aromatic heterocycles. The van der Waals surface area contributed by atoms with Crippen LogP contribution in [0.4, 0.5) is 0 Å². The van der Waals surface area contributed by atoms with Gasteiger partial charge >= 0.3 is 0 Å². The third-order valence-electron chi connectivity index (χ3n) is 4.16. The van der Waals surface area contributed by atoms with Crippen LogP contribution < -0.4 is 4.72 Å². The number of nitrogens with zero attached hydrogens (tertiary/aromatic N) is 4. The Hall–Kier alpha value is -1.71. The Morgan fingerprint density at radius 3 is 2.88 bits per heavy atom. The molecule has 1 aliphatic rings. The smallest absolute Gasteiger partial charge is 0.259 e. The van der Waals surface area contributed by atoms with Crippen LogP contribution in [0.5, 0.6) is 0 Å². The Bertz CT molecular complexity index is 811. The van der Waals surface area contributed by atoms with Crippen LogP contribution in [0.1, 0.15) is 38.9 Å². The molecule has 2 aromatic rings. The number of aryl methyl sites for hydroxylation is 1. The topological polar surface area (TPSA) is 91.0 Å². The van der Waals surface area contributed by atoms with Gasteiger partial charge in [-0.25, -0.2) is 18.1 Å². The van der Waals surface area contributed by atoms with Crippen molar-refractivity contribution in [2.24, 2.45) is 5.92 Å². The normalized spacial score (nSPS) is 21.3. The molecule has 1 saturated heterocycles. The first kappa shape index (κ1) is 18.1. The predicted octanol–water partition coefficient (Wildman–Crippen LogP) is 1.56. The Morgan fingerprint density at radius 1 is 1.40 bits per heavy atom. The maximum Gasteiger partial charge on any atom is 0.259 e. The summed E-state index contributed by atoms with van der Waals surface area (Å²) < 4.78 is 37.4. The standard InChI is InChI=1S/C16H25N5O3S/c1-4-21-9-13(7-18-21)16-14(5-6-24-16)19-25(22,23)15-10-20(11-17-15)8-12(2)3/h7,9-12,14,16,19H,4-6,8H2,1-3H3/t14-,16+/m0/s1. The molecule has 2 atom stereocenters. The van der Waals surface area contributed by atoms with E-state index in [-0.39, 0.29) is 17.2 Å². The average molecular weight is 367 g/mol. The van der Waals surface area contributed by atoms with Gasteiger partial charge in [0.1, 0.15) is 6.10 Å². The summed E-state index contributed by atoms with van der Waals surface area (Å²) in [5.41, 5.74) is 0.886. The molecule has 0 aromatic carbocycles. The van der Waals surface area contributed by atoms with Crippen LogP contribution in [0.2, 0.25) is 0 Å². The second kappa shape index (κ2) is 7.27. The van der Waals surface area contributed by atoms with Crippen LogP contribution in [-0.2, 0) is 27.8 Å². The molecular formula is C16H25N5O3S. The van der Waals surface area contributed by atoms with Gasteiger partial charge in [-0.15, -0.1) is 0 Å². The van der Waals surface area contributed by atoms with E-state index in [4.69, 9.17) is 4.74 Å². The molecule has 3 heterocycles. The van der Waals surface area contributed by atoms with Crippen molar-refractivity contribution in [2.75, 3.05) is 6.61 Å². The average Bonchev–Trinajstić information content (AvgIpc) is 3.25. The molecular weight excluding hydrogens is 342 g/mol. The number of sulfonamides is 1. The molecule has 0 unspecified atom stereocenters. The highest BCUT2D eigenvalue weighted by Gasteiger charge is 2.34. The van der Waals surface area contributed by atoms with E-state index in [1.54, 1.807) is 28.0 Å². The fraction of sp³-hybridized carbons (Fsp3) is 0.625. The van der Waals surface area contributed by atoms with Crippen LogP contribution in [-0.4, -0.2) is 40.4 Å². The Morgan fingerprint density at radius 2 is 2.20 bits per heavy atom. The molecule has 8 nitrogen and oxygen atoms in total. The number of hydrogen-bond donors (Lipinski definition) is 1. The molecule has 25 heavy (non-hydrogen) atoms. The lowest BCUT2D eigenvalue weighted by Gasteiger charge is -2.18. The molecule has 0 amide bonds. The first-order chi connectivity index (χ1) is 11.9. The van der Waals surface area contributed by atoms with Gasteiger partial charge in [-0.1, -0.05) is 13.8 Å². The monoisotopic (exact) mass is 367 g/mol. The summed E-state index contributed by atoms with van der Waals surface area (Å²) in [6.07, 6.45) is 7.05. The molecule has 9 heteroatoms. The van der Waals surface area contributed by atoms with E-state index in [1.807, 2.05) is 13.1 Å². The largest absolute Gasteiger partial charge is 0.372 e. The summed E-state index contributed by atoms with van der Waals surface area (Å²) in [6.45, 7) is 8.15. The van der Waals surface area contributed by atoms with Crippen molar-refractivity contribution in [3.8, 4) is 0 Å². The molecule has 0 saturated carbocycles. The van der Waals surface area contributed by atoms with E-state index in [1.165, 1.54) is 0 Å². The van der Waals surface area contributed by atoms with Gasteiger partial charge in [0.15, 0.2) is 5.03 Å². The van der Waals surface area contributed by atoms with Gasteiger partial charge < -0.3 is 9.30 Å².